The molecule has 3 aromatic rings. The molecule has 0 bridgehead atoms. The Morgan fingerprint density at radius 3 is 2.33 bits per heavy atom. The van der Waals surface area contributed by atoms with Gasteiger partial charge in [0, 0.05) is 44.0 Å². The minimum Gasteiger partial charge on any atom is -0.384 e. The fourth-order valence-electron chi connectivity index (χ4n) is 7.20. The maximum Gasteiger partial charge on any atom is 0.416 e. The molecule has 0 aliphatic carbocycles. The molecule has 1 aromatic heterocycles. The van der Waals surface area contributed by atoms with Gasteiger partial charge in [0.1, 0.15) is 11.4 Å². The van der Waals surface area contributed by atoms with Crippen molar-refractivity contribution in [2.75, 3.05) is 43.5 Å². The second-order valence-electron chi connectivity index (χ2n) is 12.6. The van der Waals surface area contributed by atoms with Crippen LogP contribution in [0.2, 0.25) is 0 Å². The van der Waals surface area contributed by atoms with Gasteiger partial charge in [-0.3, -0.25) is 14.5 Å². The Hall–Kier alpha value is -4.12. The number of carbonyl (C=O) groups is 2. The molecule has 3 aliphatic rings. The number of nitrogens with zero attached hydrogens (tertiary/aromatic N) is 5. The van der Waals surface area contributed by atoms with E-state index < -0.39 is 17.3 Å². The zero-order valence-corrected chi connectivity index (χ0v) is 25.5. The van der Waals surface area contributed by atoms with Gasteiger partial charge in [-0.1, -0.05) is 29.8 Å². The van der Waals surface area contributed by atoms with E-state index in [0.717, 1.165) is 55.9 Å². The van der Waals surface area contributed by atoms with Gasteiger partial charge in [-0.25, -0.2) is 4.98 Å². The van der Waals surface area contributed by atoms with Crippen LogP contribution in [0.3, 0.4) is 0 Å². The van der Waals surface area contributed by atoms with Crippen molar-refractivity contribution in [2.45, 2.75) is 57.4 Å². The number of amides is 2. The highest BCUT2D eigenvalue weighted by atomic mass is 19.4. The molecule has 6 rings (SSSR count). The van der Waals surface area contributed by atoms with Crippen molar-refractivity contribution >= 4 is 23.3 Å². The second-order valence-corrected chi connectivity index (χ2v) is 12.6. The number of aryl methyl sites for hydroxylation is 1. The van der Waals surface area contributed by atoms with E-state index in [0.29, 0.717) is 42.9 Å². The van der Waals surface area contributed by atoms with E-state index in [4.69, 9.17) is 5.73 Å². The lowest BCUT2D eigenvalue weighted by atomic mass is 9.84. The number of alkyl halides is 3. The van der Waals surface area contributed by atoms with Gasteiger partial charge in [-0.05, 0) is 93.2 Å². The number of hydrogen-bond acceptors (Lipinski definition) is 6. The number of anilines is 2. The minimum absolute atomic E-state index is 0.0528. The molecule has 0 saturated carbocycles. The first kappa shape index (κ1) is 30.9. The van der Waals surface area contributed by atoms with Crippen LogP contribution in [0.5, 0.6) is 0 Å². The van der Waals surface area contributed by atoms with E-state index in [1.165, 1.54) is 0 Å². The van der Waals surface area contributed by atoms with Crippen molar-refractivity contribution in [2.24, 2.45) is 5.92 Å². The average molecular weight is 621 g/mol. The van der Waals surface area contributed by atoms with E-state index in [1.54, 1.807) is 24.1 Å². The molecule has 3 saturated heterocycles. The second kappa shape index (κ2) is 12.3. The van der Waals surface area contributed by atoms with Crippen molar-refractivity contribution in [3.8, 4) is 0 Å². The van der Waals surface area contributed by atoms with Crippen molar-refractivity contribution in [3.63, 3.8) is 0 Å². The molecule has 2 aromatic carbocycles. The van der Waals surface area contributed by atoms with Gasteiger partial charge in [0.25, 0.3) is 0 Å². The zero-order chi connectivity index (χ0) is 31.8. The van der Waals surface area contributed by atoms with Gasteiger partial charge in [0.2, 0.25) is 11.8 Å². The third-order valence-corrected chi connectivity index (χ3v) is 9.51. The Morgan fingerprint density at radius 2 is 1.67 bits per heavy atom. The first-order chi connectivity index (χ1) is 21.5. The predicted molar refractivity (Wildman–Crippen MR) is 166 cm³/mol. The highest BCUT2D eigenvalue weighted by Gasteiger charge is 2.54. The summed E-state index contributed by atoms with van der Waals surface area (Å²) >= 11 is 0. The van der Waals surface area contributed by atoms with Crippen LogP contribution in [0.15, 0.2) is 66.9 Å². The highest BCUT2D eigenvalue weighted by Crippen LogP contribution is 2.41. The molecular weight excluding hydrogens is 581 g/mol. The number of piperidine rings is 2. The number of pyridine rings is 1. The Balaban J connectivity index is 1.13. The van der Waals surface area contributed by atoms with Crippen LogP contribution >= 0.6 is 0 Å². The molecule has 8 nitrogen and oxygen atoms in total. The summed E-state index contributed by atoms with van der Waals surface area (Å²) in [5.41, 5.74) is 7.20. The molecule has 3 aliphatic heterocycles. The molecule has 2 amide bonds. The molecular formula is C34H39F3N6O2. The van der Waals surface area contributed by atoms with E-state index in [1.807, 2.05) is 47.4 Å². The third kappa shape index (κ3) is 6.49. The molecule has 4 heterocycles. The Kier molecular flexibility index (Phi) is 8.47. The summed E-state index contributed by atoms with van der Waals surface area (Å²) in [7, 11) is 0. The number of hydrogen-bond donors (Lipinski definition) is 1. The number of carbonyl (C=O) groups excluding carboxylic acids is 2. The molecule has 1 spiro atoms. The predicted octanol–water partition coefficient (Wildman–Crippen LogP) is 5.07. The summed E-state index contributed by atoms with van der Waals surface area (Å²) < 4.78 is 40.6. The molecule has 238 valence electrons. The van der Waals surface area contributed by atoms with Gasteiger partial charge in [-0.2, -0.15) is 13.2 Å². The third-order valence-electron chi connectivity index (χ3n) is 9.51. The standard InChI is InChI=1S/C34H39F3N6O2/c1-24-17-26(19-28(18-24)34(35,36)37)22-42-23-43(29-5-3-2-4-6-29)33(32(42)45)10-15-41(16-11-33)31(44)27-8-13-40(14-9-27)21-25-7-12-39-30(38)20-25/h2-7,12,17-20,27H,8-11,13-16,21-23H2,1H3,(H2,38,39). The van der Waals surface area contributed by atoms with Crippen LogP contribution in [-0.4, -0.2) is 69.9 Å². The van der Waals surface area contributed by atoms with Crippen LogP contribution < -0.4 is 10.6 Å². The Bertz CT molecular complexity index is 1530. The van der Waals surface area contributed by atoms with Crippen LogP contribution in [0, 0.1) is 12.8 Å². The van der Waals surface area contributed by atoms with Crippen LogP contribution in [0.4, 0.5) is 24.7 Å². The highest BCUT2D eigenvalue weighted by molar-refractivity contribution is 5.94. The summed E-state index contributed by atoms with van der Waals surface area (Å²) in [6.07, 6.45) is -0.263. The fourth-order valence-corrected chi connectivity index (χ4v) is 7.20. The lowest BCUT2D eigenvalue weighted by Crippen LogP contribution is -2.58. The number of likely N-dealkylation sites (tertiary alicyclic amines) is 2. The number of halogens is 3. The minimum atomic E-state index is -4.46. The van der Waals surface area contributed by atoms with Crippen molar-refractivity contribution < 1.29 is 22.8 Å². The van der Waals surface area contributed by atoms with E-state index in [9.17, 15) is 22.8 Å². The van der Waals surface area contributed by atoms with Crippen molar-refractivity contribution in [1.29, 1.82) is 0 Å². The molecule has 45 heavy (non-hydrogen) atoms. The fraction of sp³-hybridized carbons (Fsp3) is 0.441. The maximum atomic E-state index is 14.2. The molecule has 0 radical (unpaired) electrons. The van der Waals surface area contributed by atoms with E-state index in [2.05, 4.69) is 14.8 Å². The van der Waals surface area contributed by atoms with Gasteiger partial charge >= 0.3 is 6.18 Å². The number of aromatic nitrogens is 1. The summed E-state index contributed by atoms with van der Waals surface area (Å²) in [5, 5.41) is 0. The monoisotopic (exact) mass is 620 g/mol. The van der Waals surface area contributed by atoms with Crippen LogP contribution in [0.1, 0.15) is 47.9 Å². The maximum absolute atomic E-state index is 14.2. The largest absolute Gasteiger partial charge is 0.416 e. The zero-order valence-electron chi connectivity index (χ0n) is 25.5. The van der Waals surface area contributed by atoms with Crippen molar-refractivity contribution in [3.05, 3.63) is 89.1 Å². The van der Waals surface area contributed by atoms with Gasteiger partial charge in [-0.15, -0.1) is 0 Å². The topological polar surface area (TPSA) is 86.0 Å². The number of benzene rings is 2. The number of nitrogens with two attached hydrogens (primary N) is 1. The first-order valence-electron chi connectivity index (χ1n) is 15.5. The Morgan fingerprint density at radius 1 is 0.956 bits per heavy atom. The lowest BCUT2D eigenvalue weighted by molar-refractivity contribution is -0.142. The normalized spacial score (nSPS) is 19.5. The van der Waals surface area contributed by atoms with Gasteiger partial charge in [0.15, 0.2) is 0 Å². The van der Waals surface area contributed by atoms with E-state index in [-0.39, 0.29) is 30.9 Å². The number of para-hydroxylation sites is 1. The SMILES string of the molecule is Cc1cc(CN2CN(c3ccccc3)C3(CCN(C(=O)C4CCN(Cc5ccnc(N)c5)CC4)CC3)C2=O)cc(C(F)(F)F)c1. The lowest BCUT2D eigenvalue weighted by Gasteiger charge is -2.44. The molecule has 2 N–H and O–H groups in total. The van der Waals surface area contributed by atoms with Gasteiger partial charge < -0.3 is 20.4 Å². The molecule has 11 heteroatoms. The number of rotatable bonds is 6. The van der Waals surface area contributed by atoms with Crippen LogP contribution in [-0.2, 0) is 28.9 Å². The molecule has 0 unspecified atom stereocenters. The smallest absolute Gasteiger partial charge is 0.384 e. The summed E-state index contributed by atoms with van der Waals surface area (Å²) in [6.45, 7) is 5.32. The molecule has 0 atom stereocenters. The van der Waals surface area contributed by atoms with Crippen molar-refractivity contribution in [1.82, 2.24) is 19.7 Å². The average Bonchev–Trinajstić information content (AvgIpc) is 3.27. The summed E-state index contributed by atoms with van der Waals surface area (Å²) in [6, 6.07) is 17.5. The number of nitrogen functional groups attached to an aromatic ring is 1. The Labute approximate surface area is 261 Å². The van der Waals surface area contributed by atoms with Crippen LogP contribution in [0.25, 0.3) is 0 Å². The quantitative estimate of drug-likeness (QED) is 0.414. The summed E-state index contributed by atoms with van der Waals surface area (Å²) in [4.78, 5) is 39.8. The van der Waals surface area contributed by atoms with Gasteiger partial charge in [0.05, 0.1) is 12.2 Å². The summed E-state index contributed by atoms with van der Waals surface area (Å²) in [5.74, 6) is 0.494. The van der Waals surface area contributed by atoms with E-state index >= 15 is 0 Å². The first-order valence-corrected chi connectivity index (χ1v) is 15.5. The molecule has 3 fully saturated rings.